The Labute approximate surface area is 66.5 Å². The van der Waals surface area contributed by atoms with E-state index in [2.05, 4.69) is 10.1 Å². The lowest BCUT2D eigenvalue weighted by Crippen LogP contribution is -2.34. The Balaban J connectivity index is 3.80. The molecule has 4 nitrogen and oxygen atoms in total. The molecule has 2 N–H and O–H groups in total. The third-order valence-electron chi connectivity index (χ3n) is 1.56. The SMILES string of the molecule is CNCC(O)C(C)C(=O)OC. The number of hydrogen-bond donors (Lipinski definition) is 2. The number of aliphatic hydroxyl groups excluding tert-OH is 1. The Morgan fingerprint density at radius 3 is 2.64 bits per heavy atom. The summed E-state index contributed by atoms with van der Waals surface area (Å²) in [5, 5.41) is 12.0. The molecule has 0 aromatic heterocycles. The van der Waals surface area contributed by atoms with Gasteiger partial charge >= 0.3 is 5.97 Å². The monoisotopic (exact) mass is 161 g/mol. The van der Waals surface area contributed by atoms with E-state index in [9.17, 15) is 9.90 Å². The van der Waals surface area contributed by atoms with Gasteiger partial charge in [0.05, 0.1) is 19.1 Å². The number of carbonyl (C=O) groups is 1. The molecule has 0 rings (SSSR count). The van der Waals surface area contributed by atoms with Gasteiger partial charge in [-0.05, 0) is 14.0 Å². The number of rotatable bonds is 4. The molecule has 0 heterocycles. The lowest BCUT2D eigenvalue weighted by molar-refractivity contribution is -0.148. The quantitative estimate of drug-likeness (QED) is 0.539. The second-order valence-corrected chi connectivity index (χ2v) is 2.44. The van der Waals surface area contributed by atoms with Gasteiger partial charge in [-0.3, -0.25) is 4.79 Å². The lowest BCUT2D eigenvalue weighted by atomic mass is 10.1. The van der Waals surface area contributed by atoms with Gasteiger partial charge in [0, 0.05) is 6.54 Å². The standard InChI is InChI=1S/C7H15NO3/c1-5(7(10)11-3)6(9)4-8-2/h5-6,8-9H,4H2,1-3H3. The van der Waals surface area contributed by atoms with Crippen molar-refractivity contribution in [2.45, 2.75) is 13.0 Å². The summed E-state index contributed by atoms with van der Waals surface area (Å²) in [5.74, 6) is -0.847. The zero-order chi connectivity index (χ0) is 8.85. The Bertz CT molecular complexity index is 127. The summed E-state index contributed by atoms with van der Waals surface area (Å²) < 4.78 is 4.45. The first-order chi connectivity index (χ1) is 5.13. The minimum absolute atomic E-state index is 0.382. The Morgan fingerprint density at radius 1 is 1.73 bits per heavy atom. The summed E-state index contributed by atoms with van der Waals surface area (Å²) in [5.41, 5.74) is 0. The number of hydrogen-bond acceptors (Lipinski definition) is 4. The summed E-state index contributed by atoms with van der Waals surface area (Å²) in [7, 11) is 3.03. The van der Waals surface area contributed by atoms with Gasteiger partial charge in [0.1, 0.15) is 0 Å². The minimum Gasteiger partial charge on any atom is -0.469 e. The van der Waals surface area contributed by atoms with Crippen LogP contribution in [0.1, 0.15) is 6.92 Å². The fourth-order valence-corrected chi connectivity index (χ4v) is 0.729. The molecular formula is C7H15NO3. The van der Waals surface area contributed by atoms with Gasteiger partial charge in [-0.1, -0.05) is 0 Å². The average Bonchev–Trinajstić information content (AvgIpc) is 2.02. The van der Waals surface area contributed by atoms with E-state index in [0.29, 0.717) is 6.54 Å². The van der Waals surface area contributed by atoms with Crippen LogP contribution in [0.5, 0.6) is 0 Å². The van der Waals surface area contributed by atoms with Crippen LogP contribution in [0.3, 0.4) is 0 Å². The molecule has 0 aliphatic heterocycles. The van der Waals surface area contributed by atoms with Crippen molar-refractivity contribution in [2.24, 2.45) is 5.92 Å². The molecule has 0 saturated heterocycles. The van der Waals surface area contributed by atoms with Crippen molar-refractivity contribution in [3.63, 3.8) is 0 Å². The summed E-state index contributed by atoms with van der Waals surface area (Å²) in [6, 6.07) is 0. The summed E-state index contributed by atoms with van der Waals surface area (Å²) in [6.45, 7) is 2.03. The molecule has 66 valence electrons. The molecule has 0 saturated carbocycles. The normalized spacial score (nSPS) is 15.6. The van der Waals surface area contributed by atoms with Crippen molar-refractivity contribution >= 4 is 5.97 Å². The molecule has 0 fully saturated rings. The van der Waals surface area contributed by atoms with E-state index in [1.807, 2.05) is 0 Å². The van der Waals surface area contributed by atoms with Crippen LogP contribution in [0, 0.1) is 5.92 Å². The van der Waals surface area contributed by atoms with Crippen molar-refractivity contribution in [3.05, 3.63) is 0 Å². The smallest absolute Gasteiger partial charge is 0.311 e. The van der Waals surface area contributed by atoms with Gasteiger partial charge in [0.2, 0.25) is 0 Å². The maximum Gasteiger partial charge on any atom is 0.311 e. The van der Waals surface area contributed by atoms with Crippen LogP contribution in [-0.2, 0) is 9.53 Å². The number of esters is 1. The van der Waals surface area contributed by atoms with E-state index in [0.717, 1.165) is 0 Å². The number of ether oxygens (including phenoxy) is 1. The molecule has 4 heteroatoms. The molecule has 0 radical (unpaired) electrons. The second kappa shape index (κ2) is 5.09. The third kappa shape index (κ3) is 3.34. The zero-order valence-corrected chi connectivity index (χ0v) is 7.13. The molecule has 0 bridgehead atoms. The van der Waals surface area contributed by atoms with Crippen molar-refractivity contribution in [2.75, 3.05) is 20.7 Å². The highest BCUT2D eigenvalue weighted by molar-refractivity contribution is 5.72. The third-order valence-corrected chi connectivity index (χ3v) is 1.56. The fourth-order valence-electron chi connectivity index (χ4n) is 0.729. The molecule has 0 aliphatic carbocycles. The van der Waals surface area contributed by atoms with Crippen LogP contribution in [0.2, 0.25) is 0 Å². The van der Waals surface area contributed by atoms with Gasteiger partial charge in [0.15, 0.2) is 0 Å². The number of methoxy groups -OCH3 is 1. The van der Waals surface area contributed by atoms with Gasteiger partial charge in [-0.2, -0.15) is 0 Å². The van der Waals surface area contributed by atoms with E-state index < -0.39 is 12.0 Å². The summed E-state index contributed by atoms with van der Waals surface area (Å²) in [4.78, 5) is 10.8. The molecule has 0 amide bonds. The predicted octanol–water partition coefficient (Wildman–Crippen LogP) is -0.624. The van der Waals surface area contributed by atoms with Crippen LogP contribution in [0.25, 0.3) is 0 Å². The molecule has 0 aromatic carbocycles. The first kappa shape index (κ1) is 10.4. The largest absolute Gasteiger partial charge is 0.469 e. The highest BCUT2D eigenvalue weighted by atomic mass is 16.5. The number of aliphatic hydroxyl groups is 1. The predicted molar refractivity (Wildman–Crippen MR) is 41.1 cm³/mol. The van der Waals surface area contributed by atoms with Gasteiger partial charge < -0.3 is 15.2 Å². The highest BCUT2D eigenvalue weighted by Gasteiger charge is 2.21. The van der Waals surface area contributed by atoms with Crippen molar-refractivity contribution in [1.29, 1.82) is 0 Å². The van der Waals surface area contributed by atoms with E-state index in [4.69, 9.17) is 0 Å². The lowest BCUT2D eigenvalue weighted by Gasteiger charge is -2.15. The van der Waals surface area contributed by atoms with Gasteiger partial charge in [-0.25, -0.2) is 0 Å². The van der Waals surface area contributed by atoms with Gasteiger partial charge in [0.25, 0.3) is 0 Å². The van der Waals surface area contributed by atoms with Crippen LogP contribution < -0.4 is 5.32 Å². The van der Waals surface area contributed by atoms with Crippen molar-refractivity contribution in [3.8, 4) is 0 Å². The maximum absolute atomic E-state index is 10.8. The Kier molecular flexibility index (Phi) is 4.81. The minimum atomic E-state index is -0.674. The van der Waals surface area contributed by atoms with E-state index >= 15 is 0 Å². The Hall–Kier alpha value is -0.610. The average molecular weight is 161 g/mol. The fraction of sp³-hybridized carbons (Fsp3) is 0.857. The topological polar surface area (TPSA) is 58.6 Å². The Morgan fingerprint density at radius 2 is 2.27 bits per heavy atom. The zero-order valence-electron chi connectivity index (χ0n) is 7.13. The number of carbonyl (C=O) groups excluding carboxylic acids is 1. The first-order valence-electron chi connectivity index (χ1n) is 3.54. The van der Waals surface area contributed by atoms with Crippen LogP contribution >= 0.6 is 0 Å². The second-order valence-electron chi connectivity index (χ2n) is 2.44. The molecule has 2 unspecified atom stereocenters. The van der Waals surface area contributed by atoms with Crippen LogP contribution in [0.4, 0.5) is 0 Å². The maximum atomic E-state index is 10.8. The number of nitrogens with one attached hydrogen (secondary N) is 1. The molecule has 0 spiro atoms. The molecular weight excluding hydrogens is 146 g/mol. The van der Waals surface area contributed by atoms with Crippen molar-refractivity contribution in [1.82, 2.24) is 5.32 Å². The van der Waals surface area contributed by atoms with E-state index in [1.54, 1.807) is 14.0 Å². The molecule has 0 aromatic rings. The van der Waals surface area contributed by atoms with Crippen LogP contribution in [0.15, 0.2) is 0 Å². The van der Waals surface area contributed by atoms with Gasteiger partial charge in [-0.15, -0.1) is 0 Å². The molecule has 11 heavy (non-hydrogen) atoms. The van der Waals surface area contributed by atoms with Crippen molar-refractivity contribution < 1.29 is 14.6 Å². The summed E-state index contributed by atoms with van der Waals surface area (Å²) >= 11 is 0. The van der Waals surface area contributed by atoms with E-state index in [1.165, 1.54) is 7.11 Å². The number of likely N-dealkylation sites (N-methyl/N-ethyl adjacent to an activating group) is 1. The summed E-state index contributed by atoms with van der Waals surface area (Å²) in [6.07, 6.45) is -0.674. The van der Waals surface area contributed by atoms with E-state index in [-0.39, 0.29) is 5.97 Å². The highest BCUT2D eigenvalue weighted by Crippen LogP contribution is 2.03. The van der Waals surface area contributed by atoms with Crippen LogP contribution in [-0.4, -0.2) is 37.9 Å². The molecule has 0 aliphatic rings. The first-order valence-corrected chi connectivity index (χ1v) is 3.54. The molecule has 2 atom stereocenters.